The summed E-state index contributed by atoms with van der Waals surface area (Å²) in [6.07, 6.45) is 5.41. The van der Waals surface area contributed by atoms with Crippen molar-refractivity contribution in [2.24, 2.45) is 0 Å². The van der Waals surface area contributed by atoms with E-state index in [1.807, 2.05) is 24.3 Å². The van der Waals surface area contributed by atoms with Crippen LogP contribution in [-0.4, -0.2) is 31.2 Å². The van der Waals surface area contributed by atoms with Crippen LogP contribution in [0.5, 0.6) is 0 Å². The van der Waals surface area contributed by atoms with Crippen molar-refractivity contribution < 1.29 is 9.59 Å². The maximum atomic E-state index is 12.0. The molecular weight excluding hydrogens is 280 g/mol. The fourth-order valence-electron chi connectivity index (χ4n) is 3.05. The van der Waals surface area contributed by atoms with Crippen molar-refractivity contribution in [3.05, 3.63) is 24.3 Å². The fourth-order valence-corrected chi connectivity index (χ4v) is 3.05. The van der Waals surface area contributed by atoms with E-state index < -0.39 is 0 Å². The van der Waals surface area contributed by atoms with Gasteiger partial charge in [0.25, 0.3) is 0 Å². The molecular formula is C16H22N4O2. The molecule has 3 N–H and O–H groups in total. The first-order valence-electron chi connectivity index (χ1n) is 7.95. The molecule has 0 bridgehead atoms. The molecule has 1 saturated carbocycles. The third kappa shape index (κ3) is 3.50. The van der Waals surface area contributed by atoms with E-state index in [1.165, 1.54) is 12.8 Å². The second-order valence-electron chi connectivity index (χ2n) is 5.87. The Hall–Kier alpha value is -2.24. The van der Waals surface area contributed by atoms with Crippen LogP contribution in [0, 0.1) is 0 Å². The second-order valence-corrected chi connectivity index (χ2v) is 5.87. The monoisotopic (exact) mass is 302 g/mol. The van der Waals surface area contributed by atoms with Gasteiger partial charge in [-0.15, -0.1) is 0 Å². The summed E-state index contributed by atoms with van der Waals surface area (Å²) in [5.41, 5.74) is 1.50. The Balaban J connectivity index is 1.63. The van der Waals surface area contributed by atoms with Crippen molar-refractivity contribution in [2.75, 3.05) is 23.3 Å². The topological polar surface area (TPSA) is 73.5 Å². The molecule has 0 spiro atoms. The largest absolute Gasteiger partial charge is 0.338 e. The maximum Gasteiger partial charge on any atom is 0.321 e. The van der Waals surface area contributed by atoms with Crippen molar-refractivity contribution in [1.82, 2.24) is 10.6 Å². The summed E-state index contributed by atoms with van der Waals surface area (Å²) in [7, 11) is 0. The Morgan fingerprint density at radius 2 is 2.05 bits per heavy atom. The zero-order valence-electron chi connectivity index (χ0n) is 12.6. The molecule has 118 valence electrons. The predicted molar refractivity (Wildman–Crippen MR) is 86.2 cm³/mol. The molecule has 0 aromatic heterocycles. The molecule has 1 heterocycles. The maximum absolute atomic E-state index is 12.0. The number of anilines is 2. The minimum Gasteiger partial charge on any atom is -0.338 e. The van der Waals surface area contributed by atoms with Crippen LogP contribution in [0.1, 0.15) is 32.1 Å². The van der Waals surface area contributed by atoms with E-state index >= 15 is 0 Å². The lowest BCUT2D eigenvalue weighted by Gasteiger charge is -2.27. The van der Waals surface area contributed by atoms with E-state index in [2.05, 4.69) is 16.0 Å². The number of urea groups is 2. The fraction of sp³-hybridized carbons (Fsp3) is 0.500. The van der Waals surface area contributed by atoms with E-state index in [0.29, 0.717) is 12.2 Å². The summed E-state index contributed by atoms with van der Waals surface area (Å²) in [4.78, 5) is 25.6. The van der Waals surface area contributed by atoms with Crippen molar-refractivity contribution in [3.8, 4) is 0 Å². The van der Waals surface area contributed by atoms with Gasteiger partial charge in [0.05, 0.1) is 0 Å². The lowest BCUT2D eigenvalue weighted by molar-refractivity contribution is 0.243. The van der Waals surface area contributed by atoms with Crippen LogP contribution in [-0.2, 0) is 0 Å². The molecule has 1 aliphatic heterocycles. The number of nitrogens with zero attached hydrogens (tertiary/aromatic N) is 1. The molecule has 1 aromatic rings. The normalized spacial score (nSPS) is 18.9. The van der Waals surface area contributed by atoms with Crippen LogP contribution in [0.4, 0.5) is 21.0 Å². The summed E-state index contributed by atoms with van der Waals surface area (Å²) in [5.74, 6) is 0. The highest BCUT2D eigenvalue weighted by Crippen LogP contribution is 2.22. The summed E-state index contributed by atoms with van der Waals surface area (Å²) in [6, 6.07) is 7.42. The van der Waals surface area contributed by atoms with Gasteiger partial charge >= 0.3 is 12.1 Å². The number of hydrogen-bond donors (Lipinski definition) is 3. The lowest BCUT2D eigenvalue weighted by atomic mass is 10.2. The molecule has 0 atom stereocenters. The number of carbonyl (C=O) groups excluding carboxylic acids is 2. The van der Waals surface area contributed by atoms with Crippen LogP contribution in [0.15, 0.2) is 24.3 Å². The molecule has 22 heavy (non-hydrogen) atoms. The highest BCUT2D eigenvalue weighted by Gasteiger charge is 2.20. The summed E-state index contributed by atoms with van der Waals surface area (Å²) in [5, 5.41) is 8.67. The minimum atomic E-state index is -0.174. The van der Waals surface area contributed by atoms with Crippen LogP contribution in [0.2, 0.25) is 0 Å². The van der Waals surface area contributed by atoms with Crippen LogP contribution < -0.4 is 20.9 Å². The molecule has 6 heteroatoms. The van der Waals surface area contributed by atoms with Gasteiger partial charge in [-0.1, -0.05) is 18.9 Å². The first-order valence-corrected chi connectivity index (χ1v) is 7.95. The molecule has 6 nitrogen and oxygen atoms in total. The zero-order chi connectivity index (χ0) is 15.4. The summed E-state index contributed by atoms with van der Waals surface area (Å²) >= 11 is 0. The van der Waals surface area contributed by atoms with Gasteiger partial charge < -0.3 is 16.0 Å². The van der Waals surface area contributed by atoms with E-state index in [4.69, 9.17) is 0 Å². The Bertz CT molecular complexity index is 555. The molecule has 4 amide bonds. The van der Waals surface area contributed by atoms with Gasteiger partial charge in [0.1, 0.15) is 0 Å². The van der Waals surface area contributed by atoms with Crippen LogP contribution in [0.3, 0.4) is 0 Å². The van der Waals surface area contributed by atoms with Crippen molar-refractivity contribution in [3.63, 3.8) is 0 Å². The Kier molecular flexibility index (Phi) is 4.46. The van der Waals surface area contributed by atoms with Gasteiger partial charge in [-0.2, -0.15) is 0 Å². The lowest BCUT2D eigenvalue weighted by Crippen LogP contribution is -2.46. The average Bonchev–Trinajstić information content (AvgIpc) is 3.00. The first kappa shape index (κ1) is 14.7. The summed E-state index contributed by atoms with van der Waals surface area (Å²) < 4.78 is 0. The molecule has 0 unspecified atom stereocenters. The van der Waals surface area contributed by atoms with Crippen molar-refractivity contribution in [2.45, 2.75) is 38.1 Å². The molecule has 2 aliphatic rings. The zero-order valence-corrected chi connectivity index (χ0v) is 12.6. The number of hydrogen-bond acceptors (Lipinski definition) is 2. The number of nitrogens with one attached hydrogen (secondary N) is 3. The first-order chi connectivity index (χ1) is 10.7. The number of carbonyl (C=O) groups is 2. The van der Waals surface area contributed by atoms with E-state index in [1.54, 1.807) is 4.90 Å². The number of amides is 4. The SMILES string of the molecule is O=C(Nc1cccc(N2CCCNC2=O)c1)NC1CCCC1. The van der Waals surface area contributed by atoms with Crippen molar-refractivity contribution in [1.29, 1.82) is 0 Å². The minimum absolute atomic E-state index is 0.0844. The van der Waals surface area contributed by atoms with Gasteiger partial charge in [-0.3, -0.25) is 4.90 Å². The molecule has 3 rings (SSSR count). The third-order valence-electron chi connectivity index (χ3n) is 4.19. The highest BCUT2D eigenvalue weighted by molar-refractivity contribution is 5.94. The summed E-state index contributed by atoms with van der Waals surface area (Å²) in [6.45, 7) is 1.42. The van der Waals surface area contributed by atoms with Gasteiger partial charge in [0.15, 0.2) is 0 Å². The Morgan fingerprint density at radius 1 is 1.23 bits per heavy atom. The molecule has 1 saturated heterocycles. The quantitative estimate of drug-likeness (QED) is 0.803. The number of benzene rings is 1. The van der Waals surface area contributed by atoms with E-state index in [0.717, 1.165) is 31.5 Å². The molecule has 1 aliphatic carbocycles. The predicted octanol–water partition coefficient (Wildman–Crippen LogP) is 2.67. The van der Waals surface area contributed by atoms with Crippen LogP contribution in [0.25, 0.3) is 0 Å². The van der Waals surface area contributed by atoms with Crippen molar-refractivity contribution >= 4 is 23.4 Å². The average molecular weight is 302 g/mol. The third-order valence-corrected chi connectivity index (χ3v) is 4.19. The van der Waals surface area contributed by atoms with Gasteiger partial charge in [0, 0.05) is 30.5 Å². The highest BCUT2D eigenvalue weighted by atomic mass is 16.2. The van der Waals surface area contributed by atoms with Gasteiger partial charge in [-0.25, -0.2) is 9.59 Å². The molecule has 1 aromatic carbocycles. The van der Waals surface area contributed by atoms with Crippen LogP contribution >= 0.6 is 0 Å². The smallest absolute Gasteiger partial charge is 0.321 e. The molecule has 0 radical (unpaired) electrons. The van der Waals surface area contributed by atoms with Gasteiger partial charge in [0.2, 0.25) is 0 Å². The van der Waals surface area contributed by atoms with E-state index in [-0.39, 0.29) is 18.1 Å². The van der Waals surface area contributed by atoms with E-state index in [9.17, 15) is 9.59 Å². The molecule has 2 fully saturated rings. The van der Waals surface area contributed by atoms with Gasteiger partial charge in [-0.05, 0) is 37.5 Å². The number of rotatable bonds is 3. The second kappa shape index (κ2) is 6.68. The standard InChI is InChI=1S/C16H22N4O2/c21-15(18-12-5-1-2-6-12)19-13-7-3-8-14(11-13)20-10-4-9-17-16(20)22/h3,7-8,11-12H,1-2,4-6,9-10H2,(H,17,22)(H2,18,19,21). The Morgan fingerprint density at radius 3 is 2.82 bits per heavy atom. The Labute approximate surface area is 130 Å².